The number of anilines is 1. The highest BCUT2D eigenvalue weighted by molar-refractivity contribution is 7.18. The minimum Gasteiger partial charge on any atom is -0.477 e. The molecule has 0 atom stereocenters. The Kier molecular flexibility index (Phi) is 2.86. The molecule has 0 unspecified atom stereocenters. The lowest BCUT2D eigenvalue weighted by molar-refractivity contribution is 0.0702. The van der Waals surface area contributed by atoms with E-state index in [0.29, 0.717) is 5.00 Å². The zero-order valence-corrected chi connectivity index (χ0v) is 7.55. The van der Waals surface area contributed by atoms with Crippen molar-refractivity contribution in [1.82, 2.24) is 0 Å². The van der Waals surface area contributed by atoms with E-state index in [1.807, 2.05) is 0 Å². The second-order valence-electron chi connectivity index (χ2n) is 2.09. The Labute approximate surface area is 77.9 Å². The Hall–Kier alpha value is -1.56. The molecular weight excluding hydrogens is 194 g/mol. The number of methoxy groups -OCH3 is 1. The van der Waals surface area contributed by atoms with Crippen LogP contribution in [0.1, 0.15) is 9.67 Å². The van der Waals surface area contributed by atoms with E-state index in [4.69, 9.17) is 5.11 Å². The first-order chi connectivity index (χ1) is 6.13. The zero-order chi connectivity index (χ0) is 9.84. The molecule has 13 heavy (non-hydrogen) atoms. The van der Waals surface area contributed by atoms with E-state index in [-0.39, 0.29) is 4.88 Å². The predicted octanol–water partition coefficient (Wildman–Crippen LogP) is 1.62. The summed E-state index contributed by atoms with van der Waals surface area (Å²) in [7, 11) is 1.24. The van der Waals surface area contributed by atoms with Gasteiger partial charge in [-0.05, 0) is 12.1 Å². The lowest BCUT2D eigenvalue weighted by Gasteiger charge is -1.97. The summed E-state index contributed by atoms with van der Waals surface area (Å²) in [5, 5.41) is 11.4. The van der Waals surface area contributed by atoms with E-state index in [0.717, 1.165) is 11.3 Å². The van der Waals surface area contributed by atoms with Gasteiger partial charge in [-0.15, -0.1) is 11.3 Å². The van der Waals surface area contributed by atoms with E-state index in [1.165, 1.54) is 19.2 Å². The lowest BCUT2D eigenvalue weighted by atomic mass is 10.5. The van der Waals surface area contributed by atoms with Crippen molar-refractivity contribution in [3.8, 4) is 0 Å². The predicted molar refractivity (Wildman–Crippen MR) is 47.3 cm³/mol. The molecule has 0 saturated heterocycles. The number of ether oxygens (including phenoxy) is 1. The van der Waals surface area contributed by atoms with Gasteiger partial charge in [0.1, 0.15) is 4.88 Å². The van der Waals surface area contributed by atoms with Gasteiger partial charge in [0, 0.05) is 0 Å². The molecule has 2 N–H and O–H groups in total. The highest BCUT2D eigenvalue weighted by Crippen LogP contribution is 2.21. The van der Waals surface area contributed by atoms with Crippen molar-refractivity contribution in [2.75, 3.05) is 12.4 Å². The molecule has 0 bridgehead atoms. The number of amides is 1. The van der Waals surface area contributed by atoms with Gasteiger partial charge in [-0.1, -0.05) is 0 Å². The Bertz CT molecular complexity index is 333. The summed E-state index contributed by atoms with van der Waals surface area (Å²) in [4.78, 5) is 21.3. The molecule has 1 aromatic rings. The Morgan fingerprint density at radius 2 is 2.23 bits per heavy atom. The number of carbonyl (C=O) groups excluding carboxylic acids is 1. The normalized spacial score (nSPS) is 9.31. The first-order valence-corrected chi connectivity index (χ1v) is 4.13. The largest absolute Gasteiger partial charge is 0.477 e. The van der Waals surface area contributed by atoms with E-state index in [1.54, 1.807) is 0 Å². The van der Waals surface area contributed by atoms with Gasteiger partial charge in [-0.2, -0.15) is 0 Å². The number of carbonyl (C=O) groups is 2. The summed E-state index contributed by atoms with van der Waals surface area (Å²) in [6.45, 7) is 0. The Morgan fingerprint density at radius 1 is 1.54 bits per heavy atom. The number of hydrogen-bond acceptors (Lipinski definition) is 4. The minimum atomic E-state index is -1.01. The average Bonchev–Trinajstić information content (AvgIpc) is 2.52. The SMILES string of the molecule is COC(=O)Nc1ccc(C(=O)O)s1. The van der Waals surface area contributed by atoms with Gasteiger partial charge in [0.2, 0.25) is 0 Å². The van der Waals surface area contributed by atoms with Crippen molar-refractivity contribution < 1.29 is 19.4 Å². The van der Waals surface area contributed by atoms with Crippen molar-refractivity contribution in [3.63, 3.8) is 0 Å². The van der Waals surface area contributed by atoms with Crippen LogP contribution in [0.15, 0.2) is 12.1 Å². The maximum Gasteiger partial charge on any atom is 0.411 e. The zero-order valence-electron chi connectivity index (χ0n) is 6.73. The van der Waals surface area contributed by atoms with E-state index in [2.05, 4.69) is 10.1 Å². The maximum atomic E-state index is 10.7. The fraction of sp³-hybridized carbons (Fsp3) is 0.143. The molecule has 0 spiro atoms. The number of carboxylic acid groups (broad SMARTS) is 1. The van der Waals surface area contributed by atoms with E-state index >= 15 is 0 Å². The second kappa shape index (κ2) is 3.90. The van der Waals surface area contributed by atoms with Crippen LogP contribution in [0.2, 0.25) is 0 Å². The third-order valence-electron chi connectivity index (χ3n) is 1.23. The standard InChI is InChI=1S/C7H7NO4S/c1-12-7(11)8-5-3-2-4(13-5)6(9)10/h2-3H,1H3,(H,8,11)(H,9,10). The third kappa shape index (κ3) is 2.45. The first kappa shape index (κ1) is 9.53. The molecule has 1 aromatic heterocycles. The van der Waals surface area contributed by atoms with Gasteiger partial charge in [-0.3, -0.25) is 5.32 Å². The van der Waals surface area contributed by atoms with Crippen molar-refractivity contribution in [3.05, 3.63) is 17.0 Å². The van der Waals surface area contributed by atoms with Crippen LogP contribution in [0.4, 0.5) is 9.80 Å². The quantitative estimate of drug-likeness (QED) is 0.762. The van der Waals surface area contributed by atoms with Crippen LogP contribution >= 0.6 is 11.3 Å². The summed E-state index contributed by atoms with van der Waals surface area (Å²) in [6.07, 6.45) is -0.612. The van der Waals surface area contributed by atoms with Crippen LogP contribution in [-0.4, -0.2) is 24.3 Å². The number of thiophene rings is 1. The minimum absolute atomic E-state index is 0.173. The molecule has 0 fully saturated rings. The van der Waals surface area contributed by atoms with Gasteiger partial charge < -0.3 is 9.84 Å². The molecule has 0 radical (unpaired) electrons. The molecule has 0 aliphatic heterocycles. The number of nitrogens with one attached hydrogen (secondary N) is 1. The summed E-state index contributed by atoms with van der Waals surface area (Å²) >= 11 is 0.973. The van der Waals surface area contributed by atoms with Crippen molar-refractivity contribution in [1.29, 1.82) is 0 Å². The van der Waals surface area contributed by atoms with Gasteiger partial charge in [-0.25, -0.2) is 9.59 Å². The molecule has 1 amide bonds. The molecule has 5 nitrogen and oxygen atoms in total. The Morgan fingerprint density at radius 3 is 2.69 bits per heavy atom. The first-order valence-electron chi connectivity index (χ1n) is 3.31. The summed E-state index contributed by atoms with van der Waals surface area (Å²) in [6, 6.07) is 2.92. The number of carboxylic acids is 1. The summed E-state index contributed by atoms with van der Waals surface area (Å²) in [5.41, 5.74) is 0. The smallest absolute Gasteiger partial charge is 0.411 e. The van der Waals surface area contributed by atoms with Gasteiger partial charge in [0.15, 0.2) is 0 Å². The average molecular weight is 201 g/mol. The highest BCUT2D eigenvalue weighted by atomic mass is 32.1. The molecule has 1 heterocycles. The van der Waals surface area contributed by atoms with Crippen LogP contribution < -0.4 is 5.32 Å². The molecule has 0 aliphatic rings. The molecular formula is C7H7NO4S. The molecule has 0 aromatic carbocycles. The molecule has 70 valence electrons. The van der Waals surface area contributed by atoms with Gasteiger partial charge in [0.05, 0.1) is 12.1 Å². The molecule has 0 saturated carbocycles. The van der Waals surface area contributed by atoms with Crippen LogP contribution in [0.3, 0.4) is 0 Å². The molecule has 0 aliphatic carbocycles. The lowest BCUT2D eigenvalue weighted by Crippen LogP contribution is -2.09. The Balaban J connectivity index is 2.69. The van der Waals surface area contributed by atoms with E-state index < -0.39 is 12.1 Å². The number of aromatic carboxylic acids is 1. The number of rotatable bonds is 2. The summed E-state index contributed by atoms with van der Waals surface area (Å²) < 4.78 is 4.33. The van der Waals surface area contributed by atoms with Gasteiger partial charge in [0.25, 0.3) is 0 Å². The summed E-state index contributed by atoms with van der Waals surface area (Å²) in [5.74, 6) is -1.01. The molecule has 6 heteroatoms. The van der Waals surface area contributed by atoms with E-state index in [9.17, 15) is 9.59 Å². The maximum absolute atomic E-state index is 10.7. The fourth-order valence-corrected chi connectivity index (χ4v) is 1.40. The van der Waals surface area contributed by atoms with Crippen molar-refractivity contribution in [2.45, 2.75) is 0 Å². The number of hydrogen-bond donors (Lipinski definition) is 2. The van der Waals surface area contributed by atoms with Crippen LogP contribution in [0, 0.1) is 0 Å². The van der Waals surface area contributed by atoms with Crippen LogP contribution in [0.25, 0.3) is 0 Å². The van der Waals surface area contributed by atoms with Gasteiger partial charge >= 0.3 is 12.1 Å². The topological polar surface area (TPSA) is 75.6 Å². The highest BCUT2D eigenvalue weighted by Gasteiger charge is 2.08. The fourth-order valence-electron chi connectivity index (χ4n) is 0.672. The van der Waals surface area contributed by atoms with Crippen molar-refractivity contribution >= 4 is 28.4 Å². The van der Waals surface area contributed by atoms with Crippen molar-refractivity contribution in [2.24, 2.45) is 0 Å². The second-order valence-corrected chi connectivity index (χ2v) is 3.17. The third-order valence-corrected chi connectivity index (χ3v) is 2.22. The monoisotopic (exact) mass is 201 g/mol. The van der Waals surface area contributed by atoms with Crippen LogP contribution in [-0.2, 0) is 4.74 Å². The molecule has 1 rings (SSSR count). The van der Waals surface area contributed by atoms with Crippen LogP contribution in [0.5, 0.6) is 0 Å².